The van der Waals surface area contributed by atoms with Crippen molar-refractivity contribution < 1.29 is 0 Å². The van der Waals surface area contributed by atoms with Crippen molar-refractivity contribution in [2.45, 2.75) is 19.9 Å². The molecule has 0 atom stereocenters. The first-order valence-electron chi connectivity index (χ1n) is 7.92. The standard InChI is InChI=1S/C17H22N6.HI/c1-2-18-17(21-12-14-8-10-22-23-14)19-9-7-13-11-20-16-6-4-3-5-15(13)16;/h3-6,8,10-11,20H,2,7,9,12H2,1H3,(H,22,23)(H2,18,19,21);1H. The maximum absolute atomic E-state index is 4.55. The van der Waals surface area contributed by atoms with Crippen LogP contribution in [0.25, 0.3) is 10.9 Å². The zero-order valence-corrected chi connectivity index (χ0v) is 16.0. The van der Waals surface area contributed by atoms with Gasteiger partial charge in [0.1, 0.15) is 0 Å². The van der Waals surface area contributed by atoms with Crippen LogP contribution in [0.3, 0.4) is 0 Å². The molecule has 0 bridgehead atoms. The van der Waals surface area contributed by atoms with E-state index in [-0.39, 0.29) is 24.0 Å². The molecule has 0 aliphatic carbocycles. The number of fused-ring (bicyclic) bond motifs is 1. The Morgan fingerprint density at radius 2 is 2.08 bits per heavy atom. The number of benzene rings is 1. The van der Waals surface area contributed by atoms with Gasteiger partial charge in [0.2, 0.25) is 0 Å². The zero-order chi connectivity index (χ0) is 15.9. The Morgan fingerprint density at radius 1 is 1.21 bits per heavy atom. The molecule has 0 fully saturated rings. The number of halogens is 1. The largest absolute Gasteiger partial charge is 0.361 e. The first-order valence-corrected chi connectivity index (χ1v) is 7.92. The van der Waals surface area contributed by atoms with Gasteiger partial charge < -0.3 is 15.6 Å². The van der Waals surface area contributed by atoms with E-state index in [2.05, 4.69) is 62.1 Å². The van der Waals surface area contributed by atoms with Crippen LogP contribution in [0.4, 0.5) is 0 Å². The summed E-state index contributed by atoms with van der Waals surface area (Å²) >= 11 is 0. The lowest BCUT2D eigenvalue weighted by Crippen LogP contribution is -2.38. The van der Waals surface area contributed by atoms with Gasteiger partial charge >= 0.3 is 0 Å². The van der Waals surface area contributed by atoms with E-state index in [4.69, 9.17) is 0 Å². The quantitative estimate of drug-likeness (QED) is 0.272. The van der Waals surface area contributed by atoms with E-state index in [1.165, 1.54) is 16.5 Å². The summed E-state index contributed by atoms with van der Waals surface area (Å²) in [5.41, 5.74) is 3.50. The molecule has 0 aliphatic heterocycles. The zero-order valence-electron chi connectivity index (χ0n) is 13.7. The Labute approximate surface area is 158 Å². The minimum atomic E-state index is 0. The summed E-state index contributed by atoms with van der Waals surface area (Å²) in [6.07, 6.45) is 4.77. The molecule has 0 amide bonds. The highest BCUT2D eigenvalue weighted by Gasteiger charge is 2.03. The van der Waals surface area contributed by atoms with E-state index in [9.17, 15) is 0 Å². The number of aliphatic imine (C=N–C) groups is 1. The molecule has 4 N–H and O–H groups in total. The van der Waals surface area contributed by atoms with Crippen LogP contribution in [0, 0.1) is 0 Å². The predicted octanol–water partition coefficient (Wildman–Crippen LogP) is 2.81. The molecular weight excluding hydrogens is 415 g/mol. The molecule has 3 aromatic rings. The molecule has 6 nitrogen and oxygen atoms in total. The van der Waals surface area contributed by atoms with Gasteiger partial charge in [-0.15, -0.1) is 24.0 Å². The summed E-state index contributed by atoms with van der Waals surface area (Å²) in [6.45, 7) is 4.31. The third kappa shape index (κ3) is 4.73. The van der Waals surface area contributed by atoms with Gasteiger partial charge in [-0.25, -0.2) is 4.99 Å². The highest BCUT2D eigenvalue weighted by Crippen LogP contribution is 2.17. The van der Waals surface area contributed by atoms with Gasteiger partial charge in [0.15, 0.2) is 5.96 Å². The van der Waals surface area contributed by atoms with Crippen LogP contribution in [0.2, 0.25) is 0 Å². The van der Waals surface area contributed by atoms with E-state index in [1.807, 2.05) is 12.1 Å². The number of rotatable bonds is 6. The third-order valence-electron chi connectivity index (χ3n) is 3.67. The highest BCUT2D eigenvalue weighted by molar-refractivity contribution is 14.0. The van der Waals surface area contributed by atoms with E-state index in [0.717, 1.165) is 31.2 Å². The van der Waals surface area contributed by atoms with Crippen LogP contribution in [-0.2, 0) is 13.0 Å². The molecule has 1 aromatic carbocycles. The van der Waals surface area contributed by atoms with E-state index < -0.39 is 0 Å². The molecule has 0 spiro atoms. The number of guanidine groups is 1. The van der Waals surface area contributed by atoms with Crippen molar-refractivity contribution in [1.29, 1.82) is 0 Å². The smallest absolute Gasteiger partial charge is 0.191 e. The fourth-order valence-corrected chi connectivity index (χ4v) is 2.53. The summed E-state index contributed by atoms with van der Waals surface area (Å²) in [5.74, 6) is 0.821. The molecular formula is C17H23IN6. The number of para-hydroxylation sites is 1. The maximum atomic E-state index is 4.55. The van der Waals surface area contributed by atoms with E-state index in [0.29, 0.717) is 6.54 Å². The van der Waals surface area contributed by atoms with Gasteiger partial charge in [0, 0.05) is 36.4 Å². The second-order valence-electron chi connectivity index (χ2n) is 5.31. The maximum Gasteiger partial charge on any atom is 0.191 e. The number of aromatic nitrogens is 3. The highest BCUT2D eigenvalue weighted by atomic mass is 127. The second-order valence-corrected chi connectivity index (χ2v) is 5.31. The molecule has 3 rings (SSSR count). The summed E-state index contributed by atoms with van der Waals surface area (Å²) in [7, 11) is 0. The molecule has 128 valence electrons. The minimum absolute atomic E-state index is 0. The van der Waals surface area contributed by atoms with Gasteiger partial charge in [0.25, 0.3) is 0 Å². The van der Waals surface area contributed by atoms with Crippen LogP contribution in [0.5, 0.6) is 0 Å². The average Bonchev–Trinajstić information content (AvgIpc) is 3.22. The van der Waals surface area contributed by atoms with Crippen molar-refractivity contribution in [1.82, 2.24) is 25.8 Å². The molecule has 24 heavy (non-hydrogen) atoms. The van der Waals surface area contributed by atoms with Crippen molar-refractivity contribution in [3.05, 3.63) is 54.0 Å². The Kier molecular flexibility index (Phi) is 7.10. The number of aromatic amines is 2. The van der Waals surface area contributed by atoms with Crippen molar-refractivity contribution in [3.8, 4) is 0 Å². The molecule has 0 unspecified atom stereocenters. The third-order valence-corrected chi connectivity index (χ3v) is 3.67. The number of nitrogens with one attached hydrogen (secondary N) is 4. The number of nitrogens with zero attached hydrogens (tertiary/aromatic N) is 2. The molecule has 0 saturated carbocycles. The summed E-state index contributed by atoms with van der Waals surface area (Å²) in [5, 5.41) is 14.8. The van der Waals surface area contributed by atoms with Crippen molar-refractivity contribution in [2.75, 3.05) is 13.1 Å². The van der Waals surface area contributed by atoms with Crippen LogP contribution in [-0.4, -0.2) is 34.2 Å². The van der Waals surface area contributed by atoms with Crippen molar-refractivity contribution in [3.63, 3.8) is 0 Å². The topological polar surface area (TPSA) is 80.9 Å². The monoisotopic (exact) mass is 438 g/mol. The lowest BCUT2D eigenvalue weighted by atomic mass is 10.1. The van der Waals surface area contributed by atoms with Gasteiger partial charge in [0.05, 0.1) is 12.2 Å². The van der Waals surface area contributed by atoms with Gasteiger partial charge in [-0.3, -0.25) is 5.10 Å². The number of H-pyrrole nitrogens is 2. The van der Waals surface area contributed by atoms with Crippen LogP contribution < -0.4 is 10.6 Å². The Balaban J connectivity index is 0.00000208. The first kappa shape index (κ1) is 18.3. The first-order chi connectivity index (χ1) is 11.4. The van der Waals surface area contributed by atoms with Crippen LogP contribution in [0.15, 0.2) is 47.7 Å². The molecule has 0 radical (unpaired) electrons. The van der Waals surface area contributed by atoms with Gasteiger partial charge in [-0.05, 0) is 31.0 Å². The summed E-state index contributed by atoms with van der Waals surface area (Å²) in [6, 6.07) is 10.3. The van der Waals surface area contributed by atoms with Crippen LogP contribution in [0.1, 0.15) is 18.2 Å². The van der Waals surface area contributed by atoms with Crippen molar-refractivity contribution in [2.24, 2.45) is 4.99 Å². The molecule has 0 aliphatic rings. The normalized spacial score (nSPS) is 11.3. The lowest BCUT2D eigenvalue weighted by molar-refractivity contribution is 0.797. The summed E-state index contributed by atoms with van der Waals surface area (Å²) in [4.78, 5) is 7.86. The fraction of sp³-hybridized carbons (Fsp3) is 0.294. The average molecular weight is 438 g/mol. The molecule has 7 heteroatoms. The second kappa shape index (κ2) is 9.31. The minimum Gasteiger partial charge on any atom is -0.361 e. The Morgan fingerprint density at radius 3 is 2.88 bits per heavy atom. The van der Waals surface area contributed by atoms with Crippen LogP contribution >= 0.6 is 24.0 Å². The van der Waals surface area contributed by atoms with Gasteiger partial charge in [-0.1, -0.05) is 18.2 Å². The Bertz CT molecular complexity index is 762. The molecule has 2 heterocycles. The van der Waals surface area contributed by atoms with Gasteiger partial charge in [-0.2, -0.15) is 5.10 Å². The van der Waals surface area contributed by atoms with E-state index >= 15 is 0 Å². The Hall–Kier alpha value is -2.03. The molecule has 2 aromatic heterocycles. The summed E-state index contributed by atoms with van der Waals surface area (Å²) < 4.78 is 0. The van der Waals surface area contributed by atoms with E-state index in [1.54, 1.807) is 6.20 Å². The predicted molar refractivity (Wildman–Crippen MR) is 109 cm³/mol. The lowest BCUT2D eigenvalue weighted by Gasteiger charge is -2.10. The fourth-order valence-electron chi connectivity index (χ4n) is 2.53. The van der Waals surface area contributed by atoms with Crippen molar-refractivity contribution >= 4 is 40.8 Å². The number of hydrogen-bond donors (Lipinski definition) is 4. The SMILES string of the molecule is CCNC(=NCc1ccn[nH]1)NCCc1c[nH]c2ccccc12.I. The number of hydrogen-bond acceptors (Lipinski definition) is 2. The molecule has 0 saturated heterocycles.